The Morgan fingerprint density at radius 1 is 1.30 bits per heavy atom. The van der Waals surface area contributed by atoms with Crippen LogP contribution in [-0.2, 0) is 6.54 Å². The number of pyridine rings is 1. The molecule has 104 valence electrons. The predicted molar refractivity (Wildman–Crippen MR) is 75.6 cm³/mol. The quantitative estimate of drug-likeness (QED) is 0.907. The molecule has 1 aliphatic carbocycles. The molecule has 0 unspecified atom stereocenters. The van der Waals surface area contributed by atoms with Gasteiger partial charge in [-0.05, 0) is 42.7 Å². The molecule has 2 aromatic rings. The molecular formula is C15H14ClFN2O. The Balaban J connectivity index is 1.71. The molecule has 1 aromatic carbocycles. The lowest BCUT2D eigenvalue weighted by Gasteiger charge is -2.09. The molecule has 20 heavy (non-hydrogen) atoms. The molecule has 3 rings (SSSR count). The minimum atomic E-state index is -0.296. The lowest BCUT2D eigenvalue weighted by atomic mass is 10.2. The van der Waals surface area contributed by atoms with Gasteiger partial charge in [0, 0.05) is 24.8 Å². The topological polar surface area (TPSA) is 34.1 Å². The molecule has 0 bridgehead atoms. The summed E-state index contributed by atoms with van der Waals surface area (Å²) >= 11 is 6.12. The van der Waals surface area contributed by atoms with Crippen molar-refractivity contribution < 1.29 is 9.13 Å². The standard InChI is InChI=1S/C15H14ClFN2O/c16-14-9-19-15(7-10(14)8-18-12-3-4-12)20-13-5-1-11(17)2-6-13/h1-2,5-7,9,12,18H,3-4,8H2. The number of ether oxygens (including phenoxy) is 1. The zero-order valence-electron chi connectivity index (χ0n) is 10.8. The first-order chi connectivity index (χ1) is 9.70. The lowest BCUT2D eigenvalue weighted by Crippen LogP contribution is -2.15. The Morgan fingerprint density at radius 2 is 2.05 bits per heavy atom. The number of nitrogens with one attached hydrogen (secondary N) is 1. The van der Waals surface area contributed by atoms with Crippen molar-refractivity contribution >= 4 is 11.6 Å². The molecule has 3 nitrogen and oxygen atoms in total. The van der Waals surface area contributed by atoms with Crippen molar-refractivity contribution in [3.8, 4) is 11.6 Å². The molecule has 1 heterocycles. The Bertz CT molecular complexity index is 599. The van der Waals surface area contributed by atoms with Crippen LogP contribution in [0.5, 0.6) is 11.6 Å². The average molecular weight is 293 g/mol. The summed E-state index contributed by atoms with van der Waals surface area (Å²) in [5, 5.41) is 4.01. The van der Waals surface area contributed by atoms with Crippen LogP contribution >= 0.6 is 11.6 Å². The normalized spacial score (nSPS) is 14.3. The van der Waals surface area contributed by atoms with Crippen molar-refractivity contribution in [1.29, 1.82) is 0 Å². The van der Waals surface area contributed by atoms with Gasteiger partial charge in [-0.15, -0.1) is 0 Å². The van der Waals surface area contributed by atoms with E-state index in [0.717, 1.165) is 5.56 Å². The molecule has 0 spiro atoms. The summed E-state index contributed by atoms with van der Waals surface area (Å²) in [4.78, 5) is 4.12. The number of nitrogens with zero attached hydrogens (tertiary/aromatic N) is 1. The Labute approximate surface area is 121 Å². The van der Waals surface area contributed by atoms with Crippen LogP contribution in [0.1, 0.15) is 18.4 Å². The largest absolute Gasteiger partial charge is 0.439 e. The number of aromatic nitrogens is 1. The fraction of sp³-hybridized carbons (Fsp3) is 0.267. The summed E-state index contributed by atoms with van der Waals surface area (Å²) in [6.45, 7) is 0.700. The van der Waals surface area contributed by atoms with Gasteiger partial charge in [-0.2, -0.15) is 0 Å². The SMILES string of the molecule is Fc1ccc(Oc2cc(CNC3CC3)c(Cl)cn2)cc1. The summed E-state index contributed by atoms with van der Waals surface area (Å²) in [5.74, 6) is 0.701. The molecule has 0 radical (unpaired) electrons. The lowest BCUT2D eigenvalue weighted by molar-refractivity contribution is 0.460. The number of benzene rings is 1. The summed E-state index contributed by atoms with van der Waals surface area (Å²) in [5.41, 5.74) is 0.950. The van der Waals surface area contributed by atoms with E-state index in [9.17, 15) is 4.39 Å². The van der Waals surface area contributed by atoms with Gasteiger partial charge >= 0.3 is 0 Å². The van der Waals surface area contributed by atoms with Crippen molar-refractivity contribution in [3.05, 3.63) is 52.9 Å². The molecule has 1 fully saturated rings. The van der Waals surface area contributed by atoms with Crippen molar-refractivity contribution in [3.63, 3.8) is 0 Å². The Morgan fingerprint density at radius 3 is 2.75 bits per heavy atom. The van der Waals surface area contributed by atoms with Gasteiger partial charge in [-0.3, -0.25) is 0 Å². The maximum Gasteiger partial charge on any atom is 0.219 e. The van der Waals surface area contributed by atoms with Crippen molar-refractivity contribution in [2.45, 2.75) is 25.4 Å². The van der Waals surface area contributed by atoms with Crippen LogP contribution in [0.2, 0.25) is 5.02 Å². The zero-order valence-corrected chi connectivity index (χ0v) is 11.5. The smallest absolute Gasteiger partial charge is 0.219 e. The number of halogens is 2. The van der Waals surface area contributed by atoms with Crippen molar-refractivity contribution in [2.75, 3.05) is 0 Å². The van der Waals surface area contributed by atoms with E-state index in [1.165, 1.54) is 25.0 Å². The second-order valence-corrected chi connectivity index (χ2v) is 5.23. The van der Waals surface area contributed by atoms with Crippen LogP contribution in [0.4, 0.5) is 4.39 Å². The fourth-order valence-electron chi connectivity index (χ4n) is 1.81. The minimum Gasteiger partial charge on any atom is -0.439 e. The van der Waals surface area contributed by atoms with E-state index in [0.29, 0.717) is 29.2 Å². The van der Waals surface area contributed by atoms with E-state index < -0.39 is 0 Å². The molecule has 0 aliphatic heterocycles. The van der Waals surface area contributed by atoms with Crippen molar-refractivity contribution in [2.24, 2.45) is 0 Å². The first kappa shape index (κ1) is 13.3. The zero-order chi connectivity index (χ0) is 13.9. The van der Waals surface area contributed by atoms with Crippen LogP contribution in [-0.4, -0.2) is 11.0 Å². The average Bonchev–Trinajstić information content (AvgIpc) is 3.26. The summed E-state index contributed by atoms with van der Waals surface area (Å²) in [6.07, 6.45) is 4.02. The van der Waals surface area contributed by atoms with Gasteiger partial charge in [0.2, 0.25) is 5.88 Å². The molecule has 1 aliphatic rings. The van der Waals surface area contributed by atoms with Gasteiger partial charge in [0.15, 0.2) is 0 Å². The highest BCUT2D eigenvalue weighted by Gasteiger charge is 2.20. The number of hydrogen-bond donors (Lipinski definition) is 1. The molecule has 1 N–H and O–H groups in total. The van der Waals surface area contributed by atoms with Gasteiger partial charge in [-0.25, -0.2) is 9.37 Å². The second kappa shape index (κ2) is 5.77. The van der Waals surface area contributed by atoms with Gasteiger partial charge in [0.25, 0.3) is 0 Å². The van der Waals surface area contributed by atoms with Gasteiger partial charge in [0.1, 0.15) is 11.6 Å². The van der Waals surface area contributed by atoms with Crippen LogP contribution < -0.4 is 10.1 Å². The predicted octanol–water partition coefficient (Wildman–Crippen LogP) is 3.92. The molecular weight excluding hydrogens is 279 g/mol. The van der Waals surface area contributed by atoms with E-state index >= 15 is 0 Å². The van der Waals surface area contributed by atoms with E-state index in [-0.39, 0.29) is 5.82 Å². The van der Waals surface area contributed by atoms with Crippen LogP contribution in [0.3, 0.4) is 0 Å². The molecule has 5 heteroatoms. The fourth-order valence-corrected chi connectivity index (χ4v) is 1.99. The second-order valence-electron chi connectivity index (χ2n) is 4.83. The van der Waals surface area contributed by atoms with Crippen LogP contribution in [0, 0.1) is 5.82 Å². The highest BCUT2D eigenvalue weighted by molar-refractivity contribution is 6.31. The Hall–Kier alpha value is -1.65. The first-order valence-electron chi connectivity index (χ1n) is 6.52. The maximum atomic E-state index is 12.8. The first-order valence-corrected chi connectivity index (χ1v) is 6.90. The number of rotatable bonds is 5. The van der Waals surface area contributed by atoms with E-state index in [4.69, 9.17) is 16.3 Å². The molecule has 0 amide bonds. The third-order valence-electron chi connectivity index (χ3n) is 3.10. The van der Waals surface area contributed by atoms with Gasteiger partial charge < -0.3 is 10.1 Å². The summed E-state index contributed by atoms with van der Waals surface area (Å²) < 4.78 is 18.4. The molecule has 1 aromatic heterocycles. The third kappa shape index (κ3) is 3.46. The monoisotopic (exact) mass is 292 g/mol. The molecule has 0 atom stereocenters. The molecule has 0 saturated heterocycles. The van der Waals surface area contributed by atoms with E-state index in [2.05, 4.69) is 10.3 Å². The summed E-state index contributed by atoms with van der Waals surface area (Å²) in [7, 11) is 0. The Kier molecular flexibility index (Phi) is 3.85. The van der Waals surface area contributed by atoms with Crippen molar-refractivity contribution in [1.82, 2.24) is 10.3 Å². The number of hydrogen-bond acceptors (Lipinski definition) is 3. The van der Waals surface area contributed by atoms with E-state index in [1.54, 1.807) is 24.4 Å². The highest BCUT2D eigenvalue weighted by atomic mass is 35.5. The highest BCUT2D eigenvalue weighted by Crippen LogP contribution is 2.25. The summed E-state index contributed by atoms with van der Waals surface area (Å²) in [6, 6.07) is 8.24. The van der Waals surface area contributed by atoms with Gasteiger partial charge in [0.05, 0.1) is 5.02 Å². The van der Waals surface area contributed by atoms with Gasteiger partial charge in [-0.1, -0.05) is 11.6 Å². The van der Waals surface area contributed by atoms with Crippen LogP contribution in [0.15, 0.2) is 36.5 Å². The minimum absolute atomic E-state index is 0.296. The van der Waals surface area contributed by atoms with Crippen LogP contribution in [0.25, 0.3) is 0 Å². The third-order valence-corrected chi connectivity index (χ3v) is 3.44. The molecule has 1 saturated carbocycles. The maximum absolute atomic E-state index is 12.8. The van der Waals surface area contributed by atoms with E-state index in [1.807, 2.05) is 0 Å².